The lowest BCUT2D eigenvalue weighted by Gasteiger charge is -2.39. The van der Waals surface area contributed by atoms with Crippen LogP contribution in [0, 0.1) is 5.92 Å². The van der Waals surface area contributed by atoms with Gasteiger partial charge in [-0.25, -0.2) is 4.79 Å². The monoisotopic (exact) mass is 549 g/mol. The topological polar surface area (TPSA) is 162 Å². The number of hydrogen-bond acceptors (Lipinski definition) is 8. The van der Waals surface area contributed by atoms with Gasteiger partial charge in [0.2, 0.25) is 5.91 Å². The summed E-state index contributed by atoms with van der Waals surface area (Å²) in [7, 11) is 0. The first kappa shape index (κ1) is 30.8. The molecule has 0 aromatic rings. The maximum Gasteiger partial charge on any atom is 0.312 e. The molecule has 3 aliphatic heterocycles. The van der Waals surface area contributed by atoms with Crippen LogP contribution < -0.4 is 16.4 Å². The van der Waals surface area contributed by atoms with Crippen molar-refractivity contribution in [3.8, 4) is 0 Å². The van der Waals surface area contributed by atoms with Crippen molar-refractivity contribution in [2.75, 3.05) is 13.2 Å². The van der Waals surface area contributed by atoms with E-state index in [9.17, 15) is 19.5 Å². The molecule has 3 fully saturated rings. The molecule has 11 nitrogen and oxygen atoms in total. The van der Waals surface area contributed by atoms with Crippen LogP contribution in [0.4, 0.5) is 4.79 Å². The Kier molecular flexibility index (Phi) is 10.7. The van der Waals surface area contributed by atoms with Gasteiger partial charge in [0, 0.05) is 26.0 Å². The predicted molar refractivity (Wildman–Crippen MR) is 143 cm³/mol. The highest BCUT2D eigenvalue weighted by molar-refractivity contribution is 5.87. The number of nitrogens with one attached hydrogen (secondary N) is 2. The minimum atomic E-state index is -0.791. The second kappa shape index (κ2) is 13.6. The van der Waals surface area contributed by atoms with Gasteiger partial charge >= 0.3 is 12.0 Å². The number of amides is 3. The molecule has 11 heteroatoms. The number of ether oxygens (including phenoxy) is 4. The van der Waals surface area contributed by atoms with Gasteiger partial charge < -0.3 is 40.4 Å². The van der Waals surface area contributed by atoms with Gasteiger partial charge in [0.1, 0.15) is 23.9 Å². The number of aliphatic hydroxyl groups is 1. The number of urea groups is 1. The molecule has 3 aliphatic rings. The summed E-state index contributed by atoms with van der Waals surface area (Å²) in [4.78, 5) is 34.4. The van der Waals surface area contributed by atoms with Gasteiger partial charge in [-0.15, -0.1) is 0 Å². The molecular formula is C28H43N3O8. The summed E-state index contributed by atoms with van der Waals surface area (Å²) in [5.41, 5.74) is 5.55. The summed E-state index contributed by atoms with van der Waals surface area (Å²) in [5.74, 6) is -0.428. The van der Waals surface area contributed by atoms with Crippen LogP contribution >= 0.6 is 0 Å². The fraction of sp³-hybridized carbons (Fsp3) is 0.679. The standard InChI is InChI=1S/C28H43N3O8/c1-16(7-10-24-26(34)28(15-36-28)13-21(39-24)14-30-27(29)35)6-9-23-17(2)12-22(19(4)38-23)31-25(33)11-8-18(3)37-20(5)32/h6-8,10-11,17-19,21-24,26,34H,9,12-15H2,1-5H3,(H,31,33)(H3,29,30,35)/b10-7+,11-8-,16-6+/t17-,18-,19+,21-,22+,23-,24+,26+,28?/m0/s1. The Balaban J connectivity index is 1.49. The van der Waals surface area contributed by atoms with Crippen molar-refractivity contribution in [2.24, 2.45) is 11.7 Å². The minimum absolute atomic E-state index is 0.0000540. The van der Waals surface area contributed by atoms with Gasteiger partial charge in [0.05, 0.1) is 31.0 Å². The van der Waals surface area contributed by atoms with Gasteiger partial charge in [-0.2, -0.15) is 0 Å². The molecule has 0 aliphatic carbocycles. The average molecular weight is 550 g/mol. The molecule has 3 rings (SSSR count). The van der Waals surface area contributed by atoms with E-state index in [1.807, 2.05) is 26.0 Å². The van der Waals surface area contributed by atoms with E-state index in [-0.39, 0.29) is 42.7 Å². The van der Waals surface area contributed by atoms with E-state index in [1.54, 1.807) is 13.0 Å². The molecular weight excluding hydrogens is 506 g/mol. The maximum absolute atomic E-state index is 12.3. The summed E-state index contributed by atoms with van der Waals surface area (Å²) >= 11 is 0. The van der Waals surface area contributed by atoms with Gasteiger partial charge in [-0.05, 0) is 45.6 Å². The third kappa shape index (κ3) is 9.16. The van der Waals surface area contributed by atoms with Crippen molar-refractivity contribution in [2.45, 2.75) is 102 Å². The van der Waals surface area contributed by atoms with Crippen molar-refractivity contribution < 1.29 is 38.4 Å². The first-order chi connectivity index (χ1) is 18.4. The number of aliphatic hydroxyl groups excluding tert-OH is 1. The second-order valence-electron chi connectivity index (χ2n) is 10.9. The van der Waals surface area contributed by atoms with Crippen molar-refractivity contribution >= 4 is 17.9 Å². The molecule has 0 bridgehead atoms. The lowest BCUT2D eigenvalue weighted by Crippen LogP contribution is -2.53. The minimum Gasteiger partial charge on any atom is -0.459 e. The van der Waals surface area contributed by atoms with Crippen LogP contribution in [0.15, 0.2) is 36.0 Å². The van der Waals surface area contributed by atoms with Gasteiger partial charge in [0.25, 0.3) is 0 Å². The molecule has 5 N–H and O–H groups in total. The van der Waals surface area contributed by atoms with Crippen LogP contribution in [-0.4, -0.2) is 84.4 Å². The highest BCUT2D eigenvalue weighted by Crippen LogP contribution is 2.42. The first-order valence-electron chi connectivity index (χ1n) is 13.6. The number of epoxide rings is 1. The van der Waals surface area contributed by atoms with E-state index < -0.39 is 35.9 Å². The van der Waals surface area contributed by atoms with Crippen LogP contribution in [0.3, 0.4) is 0 Å². The fourth-order valence-electron chi connectivity index (χ4n) is 5.10. The summed E-state index contributed by atoms with van der Waals surface area (Å²) in [6, 6.07) is -0.743. The molecule has 3 heterocycles. The molecule has 218 valence electrons. The van der Waals surface area contributed by atoms with Crippen LogP contribution in [0.25, 0.3) is 0 Å². The van der Waals surface area contributed by atoms with E-state index in [2.05, 4.69) is 23.6 Å². The van der Waals surface area contributed by atoms with Crippen LogP contribution in [0.5, 0.6) is 0 Å². The third-order valence-corrected chi connectivity index (χ3v) is 7.43. The Hall–Kier alpha value is -2.73. The Labute approximate surface area is 230 Å². The molecule has 0 aromatic carbocycles. The molecule has 9 atom stereocenters. The van der Waals surface area contributed by atoms with Crippen molar-refractivity contribution in [1.29, 1.82) is 0 Å². The largest absolute Gasteiger partial charge is 0.459 e. The van der Waals surface area contributed by atoms with Crippen molar-refractivity contribution in [3.63, 3.8) is 0 Å². The second-order valence-corrected chi connectivity index (χ2v) is 10.9. The van der Waals surface area contributed by atoms with E-state index in [1.165, 1.54) is 13.0 Å². The normalized spacial score (nSPS) is 35.6. The van der Waals surface area contributed by atoms with Crippen LogP contribution in [0.1, 0.15) is 53.9 Å². The fourth-order valence-corrected chi connectivity index (χ4v) is 5.10. The predicted octanol–water partition coefficient (Wildman–Crippen LogP) is 1.64. The smallest absolute Gasteiger partial charge is 0.312 e. The maximum atomic E-state index is 12.3. The number of carbonyl (C=O) groups excluding carboxylic acids is 3. The average Bonchev–Trinajstić information content (AvgIpc) is 3.63. The molecule has 1 spiro atoms. The Morgan fingerprint density at radius 1 is 1.21 bits per heavy atom. The number of hydrogen-bond donors (Lipinski definition) is 4. The number of carbonyl (C=O) groups is 3. The quantitative estimate of drug-likeness (QED) is 0.138. The summed E-state index contributed by atoms with van der Waals surface area (Å²) in [5, 5.41) is 16.3. The van der Waals surface area contributed by atoms with Crippen molar-refractivity contribution in [1.82, 2.24) is 10.6 Å². The molecule has 3 saturated heterocycles. The lowest BCUT2D eigenvalue weighted by atomic mass is 9.87. The molecule has 0 radical (unpaired) electrons. The van der Waals surface area contributed by atoms with E-state index in [4.69, 9.17) is 24.7 Å². The molecule has 1 unspecified atom stereocenters. The molecule has 0 aromatic heterocycles. The molecule has 3 amide bonds. The van der Waals surface area contributed by atoms with Crippen LogP contribution in [-0.2, 0) is 28.5 Å². The highest BCUT2D eigenvalue weighted by Gasteiger charge is 2.58. The highest BCUT2D eigenvalue weighted by atomic mass is 16.6. The zero-order valence-electron chi connectivity index (χ0n) is 23.4. The summed E-state index contributed by atoms with van der Waals surface area (Å²) < 4.78 is 22.8. The lowest BCUT2D eigenvalue weighted by molar-refractivity contribution is -0.143. The summed E-state index contributed by atoms with van der Waals surface area (Å²) in [6.45, 7) is 9.77. The Bertz CT molecular complexity index is 976. The Morgan fingerprint density at radius 3 is 2.56 bits per heavy atom. The van der Waals surface area contributed by atoms with Gasteiger partial charge in [0.15, 0.2) is 0 Å². The van der Waals surface area contributed by atoms with Gasteiger partial charge in [-0.1, -0.05) is 30.7 Å². The summed E-state index contributed by atoms with van der Waals surface area (Å²) in [6.07, 6.45) is 8.44. The third-order valence-electron chi connectivity index (χ3n) is 7.43. The first-order valence-corrected chi connectivity index (χ1v) is 13.6. The Morgan fingerprint density at radius 2 is 1.92 bits per heavy atom. The number of rotatable bonds is 10. The number of nitrogens with two attached hydrogens (primary N) is 1. The van der Waals surface area contributed by atoms with E-state index in [0.29, 0.717) is 19.4 Å². The zero-order valence-corrected chi connectivity index (χ0v) is 23.4. The van der Waals surface area contributed by atoms with Crippen molar-refractivity contribution in [3.05, 3.63) is 36.0 Å². The number of allylic oxidation sites excluding steroid dienone is 2. The molecule has 0 saturated carbocycles. The van der Waals surface area contributed by atoms with Crippen LogP contribution in [0.2, 0.25) is 0 Å². The van der Waals surface area contributed by atoms with E-state index >= 15 is 0 Å². The number of esters is 1. The number of primary amides is 1. The SMILES string of the molecule is CC(=O)O[C@@H](C)/C=C\C(=O)N[C@@H]1C[C@H](C)[C@H](C/C=C(C)/C=C/[C@H]2O[C@H](CNC(N)=O)CC3(CO3)[C@@H]2O)O[C@@H]1C. The zero-order chi connectivity index (χ0) is 28.7. The van der Waals surface area contributed by atoms with E-state index in [0.717, 1.165) is 12.0 Å². The molecule has 39 heavy (non-hydrogen) atoms. The van der Waals surface area contributed by atoms with Gasteiger partial charge in [-0.3, -0.25) is 9.59 Å².